The molecule has 0 spiro atoms. The molecular weight excluding hydrogens is 412 g/mol. The standard InChI is InChI=1S/C23H26N4O3S/c1-25-20(11-19(24-25)18-10-17(29-2)4-5-21(18)30-3)23(28)27-13-16(14-27)26-8-6-22-15(12-26)7-9-31-22/h4-5,7,9-11,16H,6,8,12-14H2,1-3H3. The van der Waals surface area contributed by atoms with E-state index in [9.17, 15) is 4.79 Å². The van der Waals surface area contributed by atoms with Gasteiger partial charge in [0.05, 0.1) is 19.9 Å². The summed E-state index contributed by atoms with van der Waals surface area (Å²) in [5, 5.41) is 6.76. The zero-order chi connectivity index (χ0) is 21.5. The molecule has 1 fully saturated rings. The number of aryl methyl sites for hydroxylation is 1. The Hall–Kier alpha value is -2.84. The molecule has 2 aromatic heterocycles. The summed E-state index contributed by atoms with van der Waals surface area (Å²) in [6.45, 7) is 3.60. The summed E-state index contributed by atoms with van der Waals surface area (Å²) in [7, 11) is 5.06. The molecule has 0 unspecified atom stereocenters. The number of ether oxygens (including phenoxy) is 2. The fourth-order valence-electron chi connectivity index (χ4n) is 4.41. The Morgan fingerprint density at radius 3 is 2.77 bits per heavy atom. The maximum atomic E-state index is 13.1. The quantitative estimate of drug-likeness (QED) is 0.613. The smallest absolute Gasteiger partial charge is 0.272 e. The predicted octanol–water partition coefficient (Wildman–Crippen LogP) is 3.05. The number of rotatable bonds is 5. The van der Waals surface area contributed by atoms with Gasteiger partial charge in [-0.25, -0.2) is 0 Å². The summed E-state index contributed by atoms with van der Waals surface area (Å²) in [5.41, 5.74) is 3.53. The Kier molecular flexibility index (Phi) is 5.19. The monoisotopic (exact) mass is 438 g/mol. The van der Waals surface area contributed by atoms with Gasteiger partial charge in [0.2, 0.25) is 0 Å². The van der Waals surface area contributed by atoms with Crippen molar-refractivity contribution in [3.8, 4) is 22.8 Å². The zero-order valence-corrected chi connectivity index (χ0v) is 18.8. The molecule has 2 aliphatic heterocycles. The lowest BCUT2D eigenvalue weighted by molar-refractivity contribution is 0.0213. The molecule has 1 aromatic carbocycles. The highest BCUT2D eigenvalue weighted by Gasteiger charge is 2.37. The van der Waals surface area contributed by atoms with E-state index >= 15 is 0 Å². The molecule has 0 bridgehead atoms. The zero-order valence-electron chi connectivity index (χ0n) is 18.0. The van der Waals surface area contributed by atoms with Crippen LogP contribution in [0.5, 0.6) is 11.5 Å². The van der Waals surface area contributed by atoms with Gasteiger partial charge in [-0.15, -0.1) is 11.3 Å². The van der Waals surface area contributed by atoms with E-state index in [4.69, 9.17) is 9.47 Å². The van der Waals surface area contributed by atoms with E-state index in [-0.39, 0.29) is 5.91 Å². The van der Waals surface area contributed by atoms with Crippen LogP contribution in [0.25, 0.3) is 11.3 Å². The minimum absolute atomic E-state index is 0.0209. The molecule has 31 heavy (non-hydrogen) atoms. The first-order valence-electron chi connectivity index (χ1n) is 10.4. The van der Waals surface area contributed by atoms with Gasteiger partial charge in [0.15, 0.2) is 0 Å². The topological polar surface area (TPSA) is 59.8 Å². The normalized spacial score (nSPS) is 16.7. The van der Waals surface area contributed by atoms with Crippen LogP contribution < -0.4 is 9.47 Å². The Balaban J connectivity index is 1.29. The molecule has 0 saturated carbocycles. The largest absolute Gasteiger partial charge is 0.497 e. The number of aromatic nitrogens is 2. The van der Waals surface area contributed by atoms with Gasteiger partial charge in [-0.05, 0) is 47.7 Å². The maximum absolute atomic E-state index is 13.1. The molecule has 0 N–H and O–H groups in total. The number of likely N-dealkylation sites (tertiary alicyclic amines) is 1. The summed E-state index contributed by atoms with van der Waals surface area (Å²) < 4.78 is 12.5. The second kappa shape index (κ2) is 8.01. The second-order valence-electron chi connectivity index (χ2n) is 8.06. The van der Waals surface area contributed by atoms with Gasteiger partial charge in [-0.3, -0.25) is 14.4 Å². The Morgan fingerprint density at radius 2 is 2.00 bits per heavy atom. The van der Waals surface area contributed by atoms with E-state index in [1.807, 2.05) is 47.5 Å². The maximum Gasteiger partial charge on any atom is 0.272 e. The highest BCUT2D eigenvalue weighted by Crippen LogP contribution is 2.34. The summed E-state index contributed by atoms with van der Waals surface area (Å²) in [5.74, 6) is 1.43. The Bertz CT molecular complexity index is 1120. The van der Waals surface area contributed by atoms with Crippen molar-refractivity contribution in [2.75, 3.05) is 33.9 Å². The van der Waals surface area contributed by atoms with Crippen LogP contribution in [0.3, 0.4) is 0 Å². The van der Waals surface area contributed by atoms with Crippen LogP contribution in [0.15, 0.2) is 35.7 Å². The van der Waals surface area contributed by atoms with Crippen LogP contribution in [0.4, 0.5) is 0 Å². The fraction of sp³-hybridized carbons (Fsp3) is 0.391. The van der Waals surface area contributed by atoms with Crippen molar-refractivity contribution in [3.63, 3.8) is 0 Å². The number of carbonyl (C=O) groups excluding carboxylic acids is 1. The van der Waals surface area contributed by atoms with Gasteiger partial charge < -0.3 is 14.4 Å². The summed E-state index contributed by atoms with van der Waals surface area (Å²) in [6.07, 6.45) is 1.12. The minimum Gasteiger partial charge on any atom is -0.497 e. The van der Waals surface area contributed by atoms with Gasteiger partial charge in [0.1, 0.15) is 17.2 Å². The third-order valence-corrected chi connectivity index (χ3v) is 7.31. The third-order valence-electron chi connectivity index (χ3n) is 6.28. The lowest BCUT2D eigenvalue weighted by atomic mass is 10.0. The minimum atomic E-state index is 0.0209. The summed E-state index contributed by atoms with van der Waals surface area (Å²) >= 11 is 1.86. The first-order valence-corrected chi connectivity index (χ1v) is 11.3. The first-order chi connectivity index (χ1) is 15.1. The first kappa shape index (κ1) is 20.1. The number of methoxy groups -OCH3 is 2. The van der Waals surface area contributed by atoms with E-state index in [1.54, 1.807) is 18.9 Å². The van der Waals surface area contributed by atoms with E-state index < -0.39 is 0 Å². The molecule has 0 radical (unpaired) electrons. The van der Waals surface area contributed by atoms with Crippen molar-refractivity contribution >= 4 is 17.2 Å². The van der Waals surface area contributed by atoms with Crippen LogP contribution in [0.2, 0.25) is 0 Å². The van der Waals surface area contributed by atoms with E-state index in [0.29, 0.717) is 23.2 Å². The third kappa shape index (κ3) is 3.59. The predicted molar refractivity (Wildman–Crippen MR) is 120 cm³/mol. The van der Waals surface area contributed by atoms with E-state index in [0.717, 1.165) is 43.9 Å². The Labute approximate surface area is 185 Å². The van der Waals surface area contributed by atoms with Crippen molar-refractivity contribution < 1.29 is 14.3 Å². The molecule has 1 amide bonds. The molecule has 1 saturated heterocycles. The van der Waals surface area contributed by atoms with Gasteiger partial charge in [-0.1, -0.05) is 0 Å². The Morgan fingerprint density at radius 1 is 1.16 bits per heavy atom. The van der Waals surface area contributed by atoms with Crippen molar-refractivity contribution in [1.29, 1.82) is 0 Å². The second-order valence-corrected chi connectivity index (χ2v) is 9.06. The fourth-order valence-corrected chi connectivity index (χ4v) is 5.30. The molecule has 0 atom stereocenters. The van der Waals surface area contributed by atoms with Crippen LogP contribution in [-0.2, 0) is 20.0 Å². The van der Waals surface area contributed by atoms with Crippen molar-refractivity contribution in [3.05, 3.63) is 51.8 Å². The van der Waals surface area contributed by atoms with Crippen molar-refractivity contribution in [2.24, 2.45) is 7.05 Å². The van der Waals surface area contributed by atoms with Gasteiger partial charge in [0.25, 0.3) is 5.91 Å². The van der Waals surface area contributed by atoms with Gasteiger partial charge in [0, 0.05) is 49.7 Å². The average molecular weight is 439 g/mol. The van der Waals surface area contributed by atoms with Gasteiger partial charge in [-0.2, -0.15) is 5.10 Å². The molecule has 2 aliphatic rings. The lowest BCUT2D eigenvalue weighted by Gasteiger charge is -2.46. The number of thiophene rings is 1. The van der Waals surface area contributed by atoms with E-state index in [2.05, 4.69) is 21.4 Å². The number of carbonyl (C=O) groups is 1. The van der Waals surface area contributed by atoms with Crippen molar-refractivity contribution in [1.82, 2.24) is 19.6 Å². The van der Waals surface area contributed by atoms with Crippen LogP contribution in [-0.4, -0.2) is 65.4 Å². The molecular formula is C23H26N4O3S. The lowest BCUT2D eigenvalue weighted by Crippen LogP contribution is -2.61. The summed E-state index contributed by atoms with van der Waals surface area (Å²) in [4.78, 5) is 19.1. The van der Waals surface area contributed by atoms with Crippen LogP contribution in [0.1, 0.15) is 20.9 Å². The number of hydrogen-bond donors (Lipinski definition) is 0. The number of hydrogen-bond acceptors (Lipinski definition) is 6. The average Bonchev–Trinajstić information content (AvgIpc) is 3.38. The number of amides is 1. The molecule has 162 valence electrons. The highest BCUT2D eigenvalue weighted by atomic mass is 32.1. The number of fused-ring (bicyclic) bond motifs is 1. The molecule has 3 aromatic rings. The SMILES string of the molecule is COc1ccc(OC)c(-c2cc(C(=O)N3CC(N4CCc5sccc5C4)C3)n(C)n2)c1. The van der Waals surface area contributed by atoms with Crippen LogP contribution in [0, 0.1) is 0 Å². The molecule has 0 aliphatic carbocycles. The molecule has 8 heteroatoms. The molecule has 7 nitrogen and oxygen atoms in total. The van der Waals surface area contributed by atoms with Gasteiger partial charge >= 0.3 is 0 Å². The van der Waals surface area contributed by atoms with E-state index in [1.165, 1.54) is 10.4 Å². The summed E-state index contributed by atoms with van der Waals surface area (Å²) in [6, 6.07) is 10.1. The van der Waals surface area contributed by atoms with Crippen LogP contribution >= 0.6 is 11.3 Å². The molecule has 5 rings (SSSR count). The molecule has 4 heterocycles. The number of benzene rings is 1. The number of nitrogens with zero attached hydrogens (tertiary/aromatic N) is 4. The highest BCUT2D eigenvalue weighted by molar-refractivity contribution is 7.10. The van der Waals surface area contributed by atoms with Crippen molar-refractivity contribution in [2.45, 2.75) is 19.0 Å².